The molecule has 0 aliphatic rings. The van der Waals surface area contributed by atoms with E-state index in [0.29, 0.717) is 6.07 Å². The van der Waals surface area contributed by atoms with Gasteiger partial charge in [0.1, 0.15) is 5.82 Å². The maximum atomic E-state index is 13.9. The number of non-ortho nitro benzene ring substituents is 1. The SMILES string of the molecule is O=C(O)c1cc([N+](=O)[O-])ccc1-c1ccc(C(F)(F)F)cc1F. The highest BCUT2D eigenvalue weighted by atomic mass is 19.4. The lowest BCUT2D eigenvalue weighted by Gasteiger charge is -2.11. The summed E-state index contributed by atoms with van der Waals surface area (Å²) in [5.74, 6) is -2.85. The lowest BCUT2D eigenvalue weighted by atomic mass is 9.97. The number of alkyl halides is 3. The molecule has 0 bridgehead atoms. The third-order valence-corrected chi connectivity index (χ3v) is 3.03. The first kappa shape index (κ1) is 16.4. The molecule has 2 aromatic rings. The summed E-state index contributed by atoms with van der Waals surface area (Å²) >= 11 is 0. The van der Waals surface area contributed by atoms with E-state index in [4.69, 9.17) is 5.11 Å². The van der Waals surface area contributed by atoms with Gasteiger partial charge in [-0.1, -0.05) is 6.07 Å². The second-order valence-electron chi connectivity index (χ2n) is 4.48. The second-order valence-corrected chi connectivity index (χ2v) is 4.48. The Labute approximate surface area is 125 Å². The van der Waals surface area contributed by atoms with Crippen LogP contribution in [0.25, 0.3) is 11.1 Å². The monoisotopic (exact) mass is 329 g/mol. The molecule has 0 amide bonds. The summed E-state index contributed by atoms with van der Waals surface area (Å²) in [5, 5.41) is 19.7. The van der Waals surface area contributed by atoms with E-state index in [1.54, 1.807) is 0 Å². The third-order valence-electron chi connectivity index (χ3n) is 3.03. The number of rotatable bonds is 3. The summed E-state index contributed by atoms with van der Waals surface area (Å²) in [6, 6.07) is 4.26. The lowest BCUT2D eigenvalue weighted by molar-refractivity contribution is -0.384. The first-order valence-corrected chi connectivity index (χ1v) is 6.00. The predicted octanol–water partition coefficient (Wildman–Crippen LogP) is 4.12. The number of hydrogen-bond acceptors (Lipinski definition) is 3. The lowest BCUT2D eigenvalue weighted by Crippen LogP contribution is -2.06. The highest BCUT2D eigenvalue weighted by molar-refractivity contribution is 5.97. The summed E-state index contributed by atoms with van der Waals surface area (Å²) in [7, 11) is 0. The summed E-state index contributed by atoms with van der Waals surface area (Å²) in [5.41, 5.74) is -2.99. The minimum Gasteiger partial charge on any atom is -0.478 e. The molecule has 120 valence electrons. The molecule has 0 aromatic heterocycles. The van der Waals surface area contributed by atoms with Crippen LogP contribution in [0.15, 0.2) is 36.4 Å². The van der Waals surface area contributed by atoms with Crippen LogP contribution >= 0.6 is 0 Å². The number of benzene rings is 2. The van der Waals surface area contributed by atoms with E-state index >= 15 is 0 Å². The van der Waals surface area contributed by atoms with Crippen LogP contribution in [0.5, 0.6) is 0 Å². The first-order chi connectivity index (χ1) is 10.6. The van der Waals surface area contributed by atoms with Gasteiger partial charge >= 0.3 is 12.1 Å². The van der Waals surface area contributed by atoms with E-state index in [1.807, 2.05) is 0 Å². The van der Waals surface area contributed by atoms with Crippen molar-refractivity contribution in [1.29, 1.82) is 0 Å². The van der Waals surface area contributed by atoms with Gasteiger partial charge in [-0.3, -0.25) is 10.1 Å². The van der Waals surface area contributed by atoms with Gasteiger partial charge in [0.25, 0.3) is 5.69 Å². The van der Waals surface area contributed by atoms with Crippen LogP contribution in [0.2, 0.25) is 0 Å². The quantitative estimate of drug-likeness (QED) is 0.522. The van der Waals surface area contributed by atoms with Crippen molar-refractivity contribution in [2.45, 2.75) is 6.18 Å². The Morgan fingerprint density at radius 3 is 2.17 bits per heavy atom. The maximum Gasteiger partial charge on any atom is 0.416 e. The number of carbonyl (C=O) groups is 1. The number of halogens is 4. The normalized spacial score (nSPS) is 11.3. The van der Waals surface area contributed by atoms with Gasteiger partial charge < -0.3 is 5.11 Å². The Morgan fingerprint density at radius 2 is 1.70 bits per heavy atom. The molecule has 0 unspecified atom stereocenters. The fourth-order valence-electron chi connectivity index (χ4n) is 1.97. The summed E-state index contributed by atoms with van der Waals surface area (Å²) in [6.45, 7) is 0. The molecule has 0 fully saturated rings. The van der Waals surface area contributed by atoms with Crippen LogP contribution < -0.4 is 0 Å². The van der Waals surface area contributed by atoms with Crippen LogP contribution in [0.3, 0.4) is 0 Å². The highest BCUT2D eigenvalue weighted by Crippen LogP contribution is 2.34. The second kappa shape index (κ2) is 5.67. The Balaban J connectivity index is 2.62. The Bertz CT molecular complexity index is 802. The van der Waals surface area contributed by atoms with Gasteiger partial charge in [0.15, 0.2) is 0 Å². The molecule has 0 saturated heterocycles. The van der Waals surface area contributed by atoms with Gasteiger partial charge in [0.05, 0.1) is 16.1 Å². The van der Waals surface area contributed by atoms with E-state index in [9.17, 15) is 32.5 Å². The van der Waals surface area contributed by atoms with Gasteiger partial charge in [-0.05, 0) is 23.8 Å². The molecule has 0 atom stereocenters. The standard InChI is InChI=1S/C14H7F4NO4/c15-12-5-7(14(16,17)18)1-3-10(12)9-4-2-8(19(22)23)6-11(9)13(20)21/h1-6H,(H,20,21). The maximum absolute atomic E-state index is 13.9. The fraction of sp³-hybridized carbons (Fsp3) is 0.0714. The fourth-order valence-corrected chi connectivity index (χ4v) is 1.97. The molecule has 23 heavy (non-hydrogen) atoms. The summed E-state index contributed by atoms with van der Waals surface area (Å²) < 4.78 is 51.5. The average Bonchev–Trinajstić information content (AvgIpc) is 2.45. The third kappa shape index (κ3) is 3.28. The molecule has 5 nitrogen and oxygen atoms in total. The number of nitro groups is 1. The van der Waals surface area contributed by atoms with E-state index in [-0.39, 0.29) is 11.6 Å². The van der Waals surface area contributed by atoms with Gasteiger partial charge in [-0.2, -0.15) is 13.2 Å². The van der Waals surface area contributed by atoms with Crippen molar-refractivity contribution in [2.24, 2.45) is 0 Å². The van der Waals surface area contributed by atoms with Crippen molar-refractivity contribution >= 4 is 11.7 Å². The number of carboxylic acids is 1. The number of aromatic carboxylic acids is 1. The predicted molar refractivity (Wildman–Crippen MR) is 70.5 cm³/mol. The molecule has 0 spiro atoms. The van der Waals surface area contributed by atoms with Crippen LogP contribution in [-0.4, -0.2) is 16.0 Å². The van der Waals surface area contributed by atoms with Crippen molar-refractivity contribution in [3.63, 3.8) is 0 Å². The Kier molecular flexibility index (Phi) is 4.04. The minimum atomic E-state index is -4.75. The Morgan fingerprint density at radius 1 is 1.09 bits per heavy atom. The topological polar surface area (TPSA) is 80.4 Å². The molecule has 0 aliphatic carbocycles. The number of carboxylic acid groups (broad SMARTS) is 1. The Hall–Kier alpha value is -2.97. The molecule has 0 heterocycles. The molecule has 0 aliphatic heterocycles. The van der Waals surface area contributed by atoms with Crippen molar-refractivity contribution in [1.82, 2.24) is 0 Å². The molecule has 1 N–H and O–H groups in total. The van der Waals surface area contributed by atoms with Crippen LogP contribution in [0.4, 0.5) is 23.2 Å². The highest BCUT2D eigenvalue weighted by Gasteiger charge is 2.31. The molecule has 0 radical (unpaired) electrons. The summed E-state index contributed by atoms with van der Waals surface area (Å²) in [4.78, 5) is 21.0. The first-order valence-electron chi connectivity index (χ1n) is 6.00. The largest absolute Gasteiger partial charge is 0.478 e. The number of nitro benzene ring substituents is 1. The van der Waals surface area contributed by atoms with Crippen LogP contribution in [0.1, 0.15) is 15.9 Å². The molecule has 2 rings (SSSR count). The number of nitrogens with zero attached hydrogens (tertiary/aromatic N) is 1. The van der Waals surface area contributed by atoms with Crippen LogP contribution in [0, 0.1) is 15.9 Å². The number of hydrogen-bond donors (Lipinski definition) is 1. The van der Waals surface area contributed by atoms with Crippen LogP contribution in [-0.2, 0) is 6.18 Å². The van der Waals surface area contributed by atoms with Gasteiger partial charge in [0.2, 0.25) is 0 Å². The van der Waals surface area contributed by atoms with Gasteiger partial charge in [0, 0.05) is 17.7 Å². The zero-order chi connectivity index (χ0) is 17.4. The minimum absolute atomic E-state index is 0.238. The van der Waals surface area contributed by atoms with Crippen molar-refractivity contribution in [3.8, 4) is 11.1 Å². The zero-order valence-corrected chi connectivity index (χ0v) is 11.1. The molecule has 2 aromatic carbocycles. The smallest absolute Gasteiger partial charge is 0.416 e. The van der Waals surface area contributed by atoms with E-state index in [1.165, 1.54) is 0 Å². The average molecular weight is 329 g/mol. The van der Waals surface area contributed by atoms with E-state index in [0.717, 1.165) is 24.3 Å². The molecular formula is C14H7F4NO4. The van der Waals surface area contributed by atoms with Gasteiger partial charge in [-0.25, -0.2) is 9.18 Å². The molecular weight excluding hydrogens is 322 g/mol. The molecule has 9 heteroatoms. The van der Waals surface area contributed by atoms with Crippen molar-refractivity contribution in [2.75, 3.05) is 0 Å². The van der Waals surface area contributed by atoms with E-state index < -0.39 is 45.3 Å². The summed E-state index contributed by atoms with van der Waals surface area (Å²) in [6.07, 6.45) is -4.75. The van der Waals surface area contributed by atoms with Crippen molar-refractivity contribution in [3.05, 3.63) is 63.5 Å². The van der Waals surface area contributed by atoms with Crippen molar-refractivity contribution < 1.29 is 32.4 Å². The molecule has 0 saturated carbocycles. The van der Waals surface area contributed by atoms with Gasteiger partial charge in [-0.15, -0.1) is 0 Å². The zero-order valence-electron chi connectivity index (χ0n) is 11.1. The van der Waals surface area contributed by atoms with E-state index in [2.05, 4.69) is 0 Å².